The highest BCUT2D eigenvalue weighted by atomic mass is 32.2. The Kier molecular flexibility index (Phi) is 6.18. The number of benzene rings is 2. The smallest absolute Gasteiger partial charge is 0.434 e. The summed E-state index contributed by atoms with van der Waals surface area (Å²) < 4.78 is 92.9. The number of anilines is 2. The predicted octanol–water partition coefficient (Wildman–Crippen LogP) is 3.66. The quantitative estimate of drug-likeness (QED) is 0.461. The Bertz CT molecular complexity index is 1500. The topological polar surface area (TPSA) is 146 Å². The van der Waals surface area contributed by atoms with Crippen molar-refractivity contribution >= 4 is 27.5 Å². The molecule has 0 saturated carbocycles. The Hall–Kier alpha value is -4.08. The van der Waals surface area contributed by atoms with Gasteiger partial charge in [-0.05, 0) is 56.3 Å². The normalized spacial score (nSPS) is 16.2. The van der Waals surface area contributed by atoms with Crippen LogP contribution in [0.5, 0.6) is 5.75 Å². The van der Waals surface area contributed by atoms with Crippen molar-refractivity contribution in [1.29, 1.82) is 0 Å². The fourth-order valence-electron chi connectivity index (χ4n) is 3.65. The third-order valence-electron chi connectivity index (χ3n) is 5.65. The maximum Gasteiger partial charge on any atom is 0.434 e. The number of nitrogens with zero attached hydrogens (tertiary/aromatic N) is 3. The van der Waals surface area contributed by atoms with E-state index in [9.17, 15) is 40.7 Å². The molecule has 1 amide bonds. The molecular weight excluding hydrogens is 528 g/mol. The number of carbonyl (C=O) groups is 1. The number of hydrogen-bond donors (Lipinski definition) is 2. The third-order valence-corrected chi connectivity index (χ3v) is 7.44. The zero-order valence-corrected chi connectivity index (χ0v) is 19.8. The monoisotopic (exact) mass is 546 g/mol. The molecule has 0 aliphatic carbocycles. The molecule has 0 unspecified atom stereocenters. The maximum atomic E-state index is 13.7. The van der Waals surface area contributed by atoms with Crippen molar-refractivity contribution in [2.24, 2.45) is 0 Å². The average molecular weight is 546 g/mol. The van der Waals surface area contributed by atoms with E-state index < -0.39 is 57.7 Å². The number of hydrogen-bond acceptors (Lipinski definition) is 7. The number of aromatic nitrogens is 2. The maximum absolute atomic E-state index is 13.7. The van der Waals surface area contributed by atoms with E-state index >= 15 is 0 Å². The van der Waals surface area contributed by atoms with Crippen LogP contribution in [0.15, 0.2) is 56.6 Å². The number of alkyl halides is 3. The van der Waals surface area contributed by atoms with Gasteiger partial charge in [0.1, 0.15) is 17.1 Å². The number of H-pyrrole nitrogens is 1. The lowest BCUT2D eigenvalue weighted by molar-refractivity contribution is -0.175. The summed E-state index contributed by atoms with van der Waals surface area (Å²) in [5.41, 5.74) is -3.70. The van der Waals surface area contributed by atoms with Crippen LogP contribution in [0.25, 0.3) is 0 Å². The molecule has 0 bridgehead atoms. The van der Waals surface area contributed by atoms with Crippen LogP contribution < -0.4 is 19.7 Å². The summed E-state index contributed by atoms with van der Waals surface area (Å²) in [5.74, 6) is -2.17. The summed E-state index contributed by atoms with van der Waals surface area (Å²) in [6, 6.07) is 6.74. The Morgan fingerprint density at radius 2 is 1.84 bits per heavy atom. The van der Waals surface area contributed by atoms with Gasteiger partial charge in [0.15, 0.2) is 6.10 Å². The summed E-state index contributed by atoms with van der Waals surface area (Å²) >= 11 is 0. The van der Waals surface area contributed by atoms with E-state index in [2.05, 4.69) is 5.10 Å². The Morgan fingerprint density at radius 3 is 2.38 bits per heavy atom. The van der Waals surface area contributed by atoms with Gasteiger partial charge in [-0.25, -0.2) is 27.5 Å². The van der Waals surface area contributed by atoms with Crippen molar-refractivity contribution in [2.75, 3.05) is 15.7 Å². The number of ether oxygens (including phenoxy) is 1. The molecule has 1 aliphatic heterocycles. The van der Waals surface area contributed by atoms with Crippen molar-refractivity contribution < 1.29 is 45.0 Å². The summed E-state index contributed by atoms with van der Waals surface area (Å²) in [7, 11) is -4.51. The van der Waals surface area contributed by atoms with Crippen LogP contribution in [-0.2, 0) is 10.0 Å². The molecule has 2 heterocycles. The second-order valence-corrected chi connectivity index (χ2v) is 10.2. The highest BCUT2D eigenvalue weighted by Crippen LogP contribution is 2.45. The SMILES string of the molecule is CC(C)(N(C(=O)O)c1ccc2c(c1)N(S(=O)(=O)c1ccc(F)cc1)C[C@H](c1n[nH]c(=O)o1)O2)C(F)(F)F. The molecule has 198 valence electrons. The van der Waals surface area contributed by atoms with Gasteiger partial charge < -0.3 is 14.3 Å². The number of fused-ring (bicyclic) bond motifs is 1. The van der Waals surface area contributed by atoms with Crippen LogP contribution in [0.1, 0.15) is 25.8 Å². The van der Waals surface area contributed by atoms with Crippen molar-refractivity contribution in [3.05, 3.63) is 64.7 Å². The lowest BCUT2D eigenvalue weighted by Crippen LogP contribution is -2.57. The van der Waals surface area contributed by atoms with Crippen LogP contribution in [0.2, 0.25) is 0 Å². The van der Waals surface area contributed by atoms with E-state index in [1.165, 1.54) is 0 Å². The molecule has 2 aromatic carbocycles. The lowest BCUT2D eigenvalue weighted by Gasteiger charge is -2.39. The minimum Gasteiger partial charge on any atom is -0.476 e. The van der Waals surface area contributed by atoms with Crippen LogP contribution in [0.3, 0.4) is 0 Å². The molecule has 0 spiro atoms. The number of aromatic amines is 1. The van der Waals surface area contributed by atoms with E-state index in [0.717, 1.165) is 46.8 Å². The van der Waals surface area contributed by atoms with Crippen molar-refractivity contribution in [3.63, 3.8) is 0 Å². The molecule has 0 radical (unpaired) electrons. The lowest BCUT2D eigenvalue weighted by atomic mass is 10.0. The standard InChI is InChI=1S/C21H18F4N4O7S/c1-20(2,21(23,24)25)29(19(31)32)12-5-8-15-14(9-12)28(10-16(35-15)17-26-27-18(30)36-17)37(33,34)13-6-3-11(22)4-7-13/h3-9,16H,10H2,1-2H3,(H,27,30)(H,31,32)/t16-/m1/s1. The molecular formula is C21H18F4N4O7S. The van der Waals surface area contributed by atoms with Crippen molar-refractivity contribution in [2.45, 2.75) is 36.6 Å². The first kappa shape index (κ1) is 26.0. The minimum absolute atomic E-state index is 0.0504. The molecule has 37 heavy (non-hydrogen) atoms. The van der Waals surface area contributed by atoms with Gasteiger partial charge in [-0.15, -0.1) is 5.10 Å². The molecule has 16 heteroatoms. The summed E-state index contributed by atoms with van der Waals surface area (Å²) in [6.07, 6.45) is -8.20. The van der Waals surface area contributed by atoms with Crippen LogP contribution >= 0.6 is 0 Å². The highest BCUT2D eigenvalue weighted by molar-refractivity contribution is 7.92. The largest absolute Gasteiger partial charge is 0.476 e. The Morgan fingerprint density at radius 1 is 1.19 bits per heavy atom. The van der Waals surface area contributed by atoms with E-state index in [1.54, 1.807) is 0 Å². The van der Waals surface area contributed by atoms with Gasteiger partial charge in [0.25, 0.3) is 15.9 Å². The molecule has 3 aromatic rings. The third kappa shape index (κ3) is 4.59. The second kappa shape index (κ2) is 8.79. The molecule has 0 fully saturated rings. The second-order valence-electron chi connectivity index (χ2n) is 8.37. The van der Waals surface area contributed by atoms with Crippen molar-refractivity contribution in [3.8, 4) is 5.75 Å². The predicted molar refractivity (Wildman–Crippen MR) is 119 cm³/mol. The summed E-state index contributed by atoms with van der Waals surface area (Å²) in [6.45, 7) is 0.735. The fraction of sp³-hybridized carbons (Fsp3) is 0.286. The molecule has 1 aromatic heterocycles. The van der Waals surface area contributed by atoms with E-state index in [0.29, 0.717) is 13.8 Å². The zero-order chi connectivity index (χ0) is 27.3. The van der Waals surface area contributed by atoms with Crippen LogP contribution in [0, 0.1) is 5.82 Å². The number of carboxylic acid groups (broad SMARTS) is 1. The number of rotatable bonds is 5. The average Bonchev–Trinajstić information content (AvgIpc) is 3.24. The highest BCUT2D eigenvalue weighted by Gasteiger charge is 2.54. The van der Waals surface area contributed by atoms with Gasteiger partial charge >= 0.3 is 18.0 Å². The van der Waals surface area contributed by atoms with Gasteiger partial charge in [0, 0.05) is 0 Å². The number of nitrogens with one attached hydrogen (secondary N) is 1. The van der Waals surface area contributed by atoms with E-state index in [-0.39, 0.29) is 27.1 Å². The Balaban J connectivity index is 1.89. The summed E-state index contributed by atoms with van der Waals surface area (Å²) in [5, 5.41) is 15.3. The number of sulfonamides is 1. The molecule has 11 nitrogen and oxygen atoms in total. The fourth-order valence-corrected chi connectivity index (χ4v) is 5.11. The number of halogens is 4. The molecule has 1 aliphatic rings. The van der Waals surface area contributed by atoms with Gasteiger partial charge in [-0.3, -0.25) is 9.21 Å². The molecule has 0 saturated heterocycles. The zero-order valence-electron chi connectivity index (χ0n) is 19.0. The number of amides is 1. The molecule has 1 atom stereocenters. The van der Waals surface area contributed by atoms with E-state index in [1.807, 2.05) is 5.10 Å². The van der Waals surface area contributed by atoms with Crippen LogP contribution in [0.4, 0.5) is 33.7 Å². The minimum atomic E-state index is -4.99. The first-order valence-corrected chi connectivity index (χ1v) is 11.8. The van der Waals surface area contributed by atoms with Gasteiger partial charge in [-0.2, -0.15) is 13.2 Å². The van der Waals surface area contributed by atoms with Gasteiger partial charge in [0.2, 0.25) is 0 Å². The van der Waals surface area contributed by atoms with Crippen molar-refractivity contribution in [1.82, 2.24) is 10.2 Å². The summed E-state index contributed by atoms with van der Waals surface area (Å²) in [4.78, 5) is 23.0. The molecule has 2 N–H and O–H groups in total. The van der Waals surface area contributed by atoms with Gasteiger partial charge in [0.05, 0.1) is 22.8 Å². The first-order valence-electron chi connectivity index (χ1n) is 10.4. The van der Waals surface area contributed by atoms with Crippen LogP contribution in [-0.4, -0.2) is 48.1 Å². The van der Waals surface area contributed by atoms with Gasteiger partial charge in [-0.1, -0.05) is 0 Å². The molecule has 4 rings (SSSR count). The Labute approximate surface area is 205 Å². The first-order chi connectivity index (χ1) is 17.1. The van der Waals surface area contributed by atoms with E-state index in [4.69, 9.17) is 9.15 Å².